The molecule has 0 spiro atoms. The number of phenolic OH excluding ortho intramolecular Hbond substituents is 2. The average molecular weight is 605 g/mol. The Bertz CT molecular complexity index is 1730. The quantitative estimate of drug-likeness (QED) is 0.181. The molecule has 0 unspecified atom stereocenters. The first-order valence-corrected chi connectivity index (χ1v) is 15.9. The van der Waals surface area contributed by atoms with Crippen LogP contribution in [0.15, 0.2) is 146 Å². The van der Waals surface area contributed by atoms with Crippen LogP contribution in [0.1, 0.15) is 43.2 Å². The van der Waals surface area contributed by atoms with Gasteiger partial charge in [0.05, 0.1) is 0 Å². The Kier molecular flexibility index (Phi) is 8.18. The van der Waals surface area contributed by atoms with E-state index in [9.17, 15) is 10.2 Å². The predicted octanol–water partition coefficient (Wildman–Crippen LogP) is 11.3. The molecule has 6 aromatic rings. The van der Waals surface area contributed by atoms with E-state index in [1.807, 2.05) is 72.8 Å². The van der Waals surface area contributed by atoms with Crippen LogP contribution in [0.5, 0.6) is 34.5 Å². The Morgan fingerprint density at radius 2 is 0.630 bits per heavy atom. The van der Waals surface area contributed by atoms with Crippen LogP contribution in [0.4, 0.5) is 0 Å². The predicted molar refractivity (Wildman–Crippen MR) is 184 cm³/mol. The van der Waals surface area contributed by atoms with Gasteiger partial charge in [-0.15, -0.1) is 0 Å². The normalized spacial score (nSPS) is 14.0. The zero-order valence-corrected chi connectivity index (χ0v) is 25.6. The molecule has 228 valence electrons. The van der Waals surface area contributed by atoms with Crippen LogP contribution in [-0.2, 0) is 5.41 Å². The number of hydrogen-bond donors (Lipinski definition) is 2. The van der Waals surface area contributed by atoms with E-state index in [0.717, 1.165) is 58.1 Å². The Hall–Kier alpha value is -5.48. The van der Waals surface area contributed by atoms with Crippen molar-refractivity contribution in [2.75, 3.05) is 0 Å². The summed E-state index contributed by atoms with van der Waals surface area (Å²) in [4.78, 5) is 0. The second kappa shape index (κ2) is 12.9. The molecular weight excluding hydrogens is 568 g/mol. The van der Waals surface area contributed by atoms with Gasteiger partial charge in [0.1, 0.15) is 34.5 Å². The molecule has 6 aromatic carbocycles. The molecule has 4 heteroatoms. The Morgan fingerprint density at radius 3 is 0.957 bits per heavy atom. The summed E-state index contributed by atoms with van der Waals surface area (Å²) < 4.78 is 12.4. The van der Waals surface area contributed by atoms with Crippen LogP contribution in [0.3, 0.4) is 0 Å². The smallest absolute Gasteiger partial charge is 0.127 e. The number of hydrogen-bond acceptors (Lipinski definition) is 4. The Balaban J connectivity index is 1.05. The summed E-state index contributed by atoms with van der Waals surface area (Å²) in [6.45, 7) is 0. The molecule has 0 aromatic heterocycles. The molecule has 0 atom stereocenters. The van der Waals surface area contributed by atoms with E-state index < -0.39 is 0 Å². The molecule has 2 N–H and O–H groups in total. The van der Waals surface area contributed by atoms with Gasteiger partial charge in [-0.3, -0.25) is 0 Å². The van der Waals surface area contributed by atoms with Crippen molar-refractivity contribution < 1.29 is 19.7 Å². The molecule has 0 radical (unpaired) electrons. The second-order valence-electron chi connectivity index (χ2n) is 12.0. The Morgan fingerprint density at radius 1 is 0.348 bits per heavy atom. The molecule has 0 heterocycles. The molecule has 7 rings (SSSR count). The van der Waals surface area contributed by atoms with E-state index in [1.54, 1.807) is 24.3 Å². The monoisotopic (exact) mass is 604 g/mol. The summed E-state index contributed by atoms with van der Waals surface area (Å²) in [5, 5.41) is 19.1. The first-order chi connectivity index (χ1) is 22.5. The highest BCUT2D eigenvalue weighted by atomic mass is 16.5. The average Bonchev–Trinajstić information content (AvgIpc) is 3.11. The standard InChI is InChI=1S/C42H36O4/c43-36-16-4-30(5-17-36)32-8-20-38(21-9-32)45-40-24-12-34(13-25-40)42(28-2-1-3-29-42)35-14-26-41(27-15-35)46-39-22-10-33(11-23-39)31-6-18-37(44)19-7-31/h4-27,43-44H,1-3,28-29H2. The van der Waals surface area contributed by atoms with Crippen LogP contribution in [0.2, 0.25) is 0 Å². The molecule has 1 saturated carbocycles. The van der Waals surface area contributed by atoms with Gasteiger partial charge in [0.25, 0.3) is 0 Å². The van der Waals surface area contributed by atoms with E-state index >= 15 is 0 Å². The fraction of sp³-hybridized carbons (Fsp3) is 0.143. The first-order valence-electron chi connectivity index (χ1n) is 15.9. The minimum atomic E-state index is -0.0349. The van der Waals surface area contributed by atoms with Gasteiger partial charge in [-0.05, 0) is 119 Å². The largest absolute Gasteiger partial charge is 0.508 e. The zero-order valence-electron chi connectivity index (χ0n) is 25.6. The first kappa shape index (κ1) is 29.2. The molecule has 0 bridgehead atoms. The number of phenols is 2. The van der Waals surface area contributed by atoms with Gasteiger partial charge < -0.3 is 19.7 Å². The van der Waals surface area contributed by atoms with E-state index in [1.165, 1.54) is 30.4 Å². The van der Waals surface area contributed by atoms with Crippen LogP contribution in [-0.4, -0.2) is 10.2 Å². The van der Waals surface area contributed by atoms with E-state index in [0.29, 0.717) is 0 Å². The summed E-state index contributed by atoms with van der Waals surface area (Å²) in [6, 6.07) is 47.7. The molecule has 0 amide bonds. The van der Waals surface area contributed by atoms with Crippen molar-refractivity contribution in [2.24, 2.45) is 0 Å². The summed E-state index contributed by atoms with van der Waals surface area (Å²) in [5.41, 5.74) is 6.84. The highest BCUT2D eigenvalue weighted by molar-refractivity contribution is 5.66. The lowest BCUT2D eigenvalue weighted by Gasteiger charge is -2.38. The summed E-state index contributed by atoms with van der Waals surface area (Å²) in [6.07, 6.45) is 5.91. The molecule has 46 heavy (non-hydrogen) atoms. The molecular formula is C42H36O4. The van der Waals surface area contributed by atoms with Crippen molar-refractivity contribution in [3.8, 4) is 56.8 Å². The van der Waals surface area contributed by atoms with E-state index in [4.69, 9.17) is 9.47 Å². The maximum atomic E-state index is 9.57. The molecule has 4 nitrogen and oxygen atoms in total. The van der Waals surface area contributed by atoms with Gasteiger partial charge in [0.2, 0.25) is 0 Å². The molecule has 0 aliphatic heterocycles. The third kappa shape index (κ3) is 6.33. The fourth-order valence-electron chi connectivity index (χ4n) is 6.59. The highest BCUT2D eigenvalue weighted by Crippen LogP contribution is 2.46. The molecule has 1 aliphatic carbocycles. The van der Waals surface area contributed by atoms with Crippen molar-refractivity contribution in [1.29, 1.82) is 0 Å². The third-order valence-electron chi connectivity index (χ3n) is 9.10. The van der Waals surface area contributed by atoms with Crippen molar-refractivity contribution in [3.63, 3.8) is 0 Å². The maximum absolute atomic E-state index is 9.57. The summed E-state index contributed by atoms with van der Waals surface area (Å²) in [5.74, 6) is 3.72. The lowest BCUT2D eigenvalue weighted by atomic mass is 9.65. The van der Waals surface area contributed by atoms with E-state index in [2.05, 4.69) is 48.5 Å². The second-order valence-corrected chi connectivity index (χ2v) is 12.0. The molecule has 1 aliphatic rings. The van der Waals surface area contributed by atoms with Crippen LogP contribution >= 0.6 is 0 Å². The SMILES string of the molecule is Oc1ccc(-c2ccc(Oc3ccc(C4(c5ccc(Oc6ccc(-c7ccc(O)cc7)cc6)cc5)CCCCC4)cc3)cc2)cc1. The number of aromatic hydroxyl groups is 2. The Labute approximate surface area is 270 Å². The van der Waals surface area contributed by atoms with Crippen molar-refractivity contribution >= 4 is 0 Å². The van der Waals surface area contributed by atoms with Gasteiger partial charge in [-0.1, -0.05) is 92.1 Å². The maximum Gasteiger partial charge on any atom is 0.127 e. The van der Waals surface area contributed by atoms with Crippen molar-refractivity contribution in [2.45, 2.75) is 37.5 Å². The van der Waals surface area contributed by atoms with Gasteiger partial charge >= 0.3 is 0 Å². The van der Waals surface area contributed by atoms with Crippen LogP contribution in [0.25, 0.3) is 22.3 Å². The third-order valence-corrected chi connectivity index (χ3v) is 9.10. The van der Waals surface area contributed by atoms with E-state index in [-0.39, 0.29) is 16.9 Å². The lowest BCUT2D eigenvalue weighted by Crippen LogP contribution is -2.30. The van der Waals surface area contributed by atoms with Crippen molar-refractivity contribution in [1.82, 2.24) is 0 Å². The van der Waals surface area contributed by atoms with Gasteiger partial charge in [0, 0.05) is 5.41 Å². The zero-order chi connectivity index (χ0) is 31.3. The van der Waals surface area contributed by atoms with Crippen molar-refractivity contribution in [3.05, 3.63) is 157 Å². The number of rotatable bonds is 8. The van der Waals surface area contributed by atoms with Crippen LogP contribution < -0.4 is 9.47 Å². The molecule has 1 fully saturated rings. The summed E-state index contributed by atoms with van der Waals surface area (Å²) in [7, 11) is 0. The minimum absolute atomic E-state index is 0.0349. The number of benzene rings is 6. The van der Waals surface area contributed by atoms with Crippen LogP contribution in [0, 0.1) is 0 Å². The van der Waals surface area contributed by atoms with Gasteiger partial charge in [-0.2, -0.15) is 0 Å². The van der Waals surface area contributed by atoms with Gasteiger partial charge in [0.15, 0.2) is 0 Å². The topological polar surface area (TPSA) is 58.9 Å². The molecule has 0 saturated heterocycles. The number of ether oxygens (including phenoxy) is 2. The fourth-order valence-corrected chi connectivity index (χ4v) is 6.59. The summed E-state index contributed by atoms with van der Waals surface area (Å²) >= 11 is 0. The minimum Gasteiger partial charge on any atom is -0.508 e. The highest BCUT2D eigenvalue weighted by Gasteiger charge is 2.35. The van der Waals surface area contributed by atoms with Gasteiger partial charge in [-0.25, -0.2) is 0 Å². The lowest BCUT2D eigenvalue weighted by molar-refractivity contribution is 0.345.